The van der Waals surface area contributed by atoms with Gasteiger partial charge in [-0.05, 0) is 12.8 Å². The molecule has 0 amide bonds. The largest absolute Gasteiger partial charge is 0.255 e. The monoisotopic (exact) mass is 827 g/mol. The van der Waals surface area contributed by atoms with Gasteiger partial charge in [0.25, 0.3) is 0 Å². The molecule has 0 atom stereocenters. The molecule has 0 spiro atoms. The van der Waals surface area contributed by atoms with Crippen molar-refractivity contribution in [3.05, 3.63) is 61.2 Å². The Labute approximate surface area is 307 Å². The van der Waals surface area contributed by atoms with Gasteiger partial charge in [0.15, 0.2) is 24.8 Å². The van der Waals surface area contributed by atoms with Crippen molar-refractivity contribution in [2.24, 2.45) is 0 Å². The third kappa shape index (κ3) is 37.6. The summed E-state index contributed by atoms with van der Waals surface area (Å²) < 4.78 is 4.58. The van der Waals surface area contributed by atoms with Crippen LogP contribution in [0.2, 0.25) is 0 Å². The van der Waals surface area contributed by atoms with Crippen molar-refractivity contribution in [2.75, 3.05) is 0 Å². The first-order valence-electron chi connectivity index (χ1n) is 19.9. The molecule has 47 heavy (non-hydrogen) atoms. The zero-order valence-electron chi connectivity index (χ0n) is 31.2. The summed E-state index contributed by atoms with van der Waals surface area (Å²) >= 11 is 0. The van der Waals surface area contributed by atoms with Crippen molar-refractivity contribution in [3.63, 3.8) is 0 Å². The Kier molecular flexibility index (Phi) is 43.9. The molecule has 0 aliphatic rings. The van der Waals surface area contributed by atoms with Gasteiger partial charge in [0.1, 0.15) is 13.1 Å². The zero-order chi connectivity index (χ0) is 33.4. The standard InChI is InChI=1S/2C21H38N.H2O2.W/c2*1-2-3-4-5-6-7-8-9-10-11-12-13-14-16-19-22-20-17-15-18-21-22;1-2;/h2*15,17-18,20-21H,2-14,16,19H2,1H3;1-2H;/q2*+1;;. The van der Waals surface area contributed by atoms with Crippen LogP contribution in [0.25, 0.3) is 0 Å². The minimum atomic E-state index is 0. The minimum Gasteiger partial charge on any atom is -0.255 e. The van der Waals surface area contributed by atoms with Crippen LogP contribution in [0, 0.1) is 0 Å². The van der Waals surface area contributed by atoms with Gasteiger partial charge in [-0.25, -0.2) is 9.13 Å². The number of rotatable bonds is 30. The SMILES string of the molecule is CCCCCCCCCCCCCCCC[n+]1ccccc1.CCCCCCCCCCCCCCCC[n+]1ccccc1.OO.[W]. The first-order chi connectivity index (χ1) is 22.9. The normalized spacial score (nSPS) is 10.4. The van der Waals surface area contributed by atoms with Crippen molar-refractivity contribution < 1.29 is 40.7 Å². The summed E-state index contributed by atoms with van der Waals surface area (Å²) in [6.45, 7) is 6.94. The third-order valence-corrected chi connectivity index (χ3v) is 9.09. The molecule has 0 aliphatic carbocycles. The summed E-state index contributed by atoms with van der Waals surface area (Å²) in [5, 5.41) is 12.0. The second kappa shape index (κ2) is 42.9. The van der Waals surface area contributed by atoms with Crippen molar-refractivity contribution in [1.82, 2.24) is 0 Å². The Balaban J connectivity index is 0. The van der Waals surface area contributed by atoms with Gasteiger partial charge in [0.05, 0.1) is 0 Å². The molecule has 2 N–H and O–H groups in total. The molecule has 2 heterocycles. The van der Waals surface area contributed by atoms with E-state index in [1.807, 2.05) is 0 Å². The predicted molar refractivity (Wildman–Crippen MR) is 199 cm³/mol. The van der Waals surface area contributed by atoms with Gasteiger partial charge in [0, 0.05) is 58.2 Å². The Hall–Kier alpha value is -1.09. The molecule has 2 aromatic heterocycles. The van der Waals surface area contributed by atoms with Crippen molar-refractivity contribution in [2.45, 2.75) is 207 Å². The van der Waals surface area contributed by atoms with Crippen LogP contribution in [0.5, 0.6) is 0 Å². The summed E-state index contributed by atoms with van der Waals surface area (Å²) in [4.78, 5) is 0. The maximum Gasteiger partial charge on any atom is 0.168 e. The minimum absolute atomic E-state index is 0. The van der Waals surface area contributed by atoms with Gasteiger partial charge < -0.3 is 0 Å². The van der Waals surface area contributed by atoms with E-state index in [0.717, 1.165) is 0 Å². The molecule has 0 fully saturated rings. The molecule has 2 aromatic rings. The van der Waals surface area contributed by atoms with Crippen LogP contribution in [0.4, 0.5) is 0 Å². The van der Waals surface area contributed by atoms with Crippen LogP contribution in [-0.2, 0) is 34.2 Å². The van der Waals surface area contributed by atoms with E-state index in [9.17, 15) is 0 Å². The van der Waals surface area contributed by atoms with Gasteiger partial charge in [-0.3, -0.25) is 10.5 Å². The molecule has 272 valence electrons. The van der Waals surface area contributed by atoms with E-state index in [4.69, 9.17) is 10.5 Å². The number of pyridine rings is 2. The molecule has 2 rings (SSSR count). The number of hydrogen-bond donors (Lipinski definition) is 2. The summed E-state index contributed by atoms with van der Waals surface area (Å²) in [6, 6.07) is 12.6. The predicted octanol–water partition coefficient (Wildman–Crippen LogP) is 12.9. The molecule has 0 aromatic carbocycles. The number of hydrogen-bond acceptors (Lipinski definition) is 2. The molecule has 0 bridgehead atoms. The summed E-state index contributed by atoms with van der Waals surface area (Å²) in [5.74, 6) is 0. The maximum absolute atomic E-state index is 6.00. The molecule has 0 aliphatic heterocycles. The summed E-state index contributed by atoms with van der Waals surface area (Å²) in [5.41, 5.74) is 0. The van der Waals surface area contributed by atoms with E-state index < -0.39 is 0 Å². The first-order valence-corrected chi connectivity index (χ1v) is 19.9. The third-order valence-electron chi connectivity index (χ3n) is 9.09. The molecule has 0 saturated heterocycles. The van der Waals surface area contributed by atoms with E-state index in [-0.39, 0.29) is 21.1 Å². The molecule has 4 nitrogen and oxygen atoms in total. The quantitative estimate of drug-likeness (QED) is 0.0357. The molecule has 0 unspecified atom stereocenters. The van der Waals surface area contributed by atoms with Crippen LogP contribution in [-0.4, -0.2) is 10.5 Å². The van der Waals surface area contributed by atoms with Gasteiger partial charge in [-0.15, -0.1) is 0 Å². The van der Waals surface area contributed by atoms with Crippen molar-refractivity contribution >= 4 is 0 Å². The van der Waals surface area contributed by atoms with Crippen molar-refractivity contribution in [3.8, 4) is 0 Å². The molecule has 0 saturated carbocycles. The fourth-order valence-electron chi connectivity index (χ4n) is 6.14. The topological polar surface area (TPSA) is 48.2 Å². The fraction of sp³-hybridized carbons (Fsp3) is 0.762. The maximum atomic E-state index is 6.00. The summed E-state index contributed by atoms with van der Waals surface area (Å²) in [6.07, 6.45) is 48.8. The van der Waals surface area contributed by atoms with Gasteiger partial charge in [0.2, 0.25) is 0 Å². The average Bonchev–Trinajstić information content (AvgIpc) is 3.10. The van der Waals surface area contributed by atoms with E-state index in [0.29, 0.717) is 0 Å². The smallest absolute Gasteiger partial charge is 0.168 e. The Morgan fingerprint density at radius 2 is 0.489 bits per heavy atom. The van der Waals surface area contributed by atoms with Gasteiger partial charge >= 0.3 is 0 Å². The van der Waals surface area contributed by atoms with E-state index in [1.54, 1.807) is 0 Å². The van der Waals surface area contributed by atoms with Crippen LogP contribution in [0.15, 0.2) is 61.2 Å². The summed E-state index contributed by atoms with van der Waals surface area (Å²) in [7, 11) is 0. The molecular weight excluding hydrogens is 748 g/mol. The van der Waals surface area contributed by atoms with E-state index in [1.165, 1.54) is 193 Å². The zero-order valence-corrected chi connectivity index (χ0v) is 34.1. The number of aromatic nitrogens is 2. The van der Waals surface area contributed by atoms with E-state index in [2.05, 4.69) is 84.2 Å². The van der Waals surface area contributed by atoms with Crippen molar-refractivity contribution in [1.29, 1.82) is 0 Å². The Morgan fingerprint density at radius 3 is 0.702 bits per heavy atom. The number of unbranched alkanes of at least 4 members (excludes halogenated alkanes) is 26. The first kappa shape index (κ1) is 48.0. The van der Waals surface area contributed by atoms with Crippen LogP contribution in [0.1, 0.15) is 194 Å². The number of aryl methyl sites for hydroxylation is 2. The van der Waals surface area contributed by atoms with Gasteiger partial charge in [-0.1, -0.05) is 180 Å². The van der Waals surface area contributed by atoms with Crippen LogP contribution in [0.3, 0.4) is 0 Å². The van der Waals surface area contributed by atoms with E-state index >= 15 is 0 Å². The van der Waals surface area contributed by atoms with Crippen LogP contribution >= 0.6 is 0 Å². The Bertz CT molecular complexity index is 726. The molecular formula is C42H78N2O2W+2. The second-order valence-corrected chi connectivity index (χ2v) is 13.4. The average molecular weight is 827 g/mol. The van der Waals surface area contributed by atoms with Crippen LogP contribution < -0.4 is 9.13 Å². The Morgan fingerprint density at radius 1 is 0.298 bits per heavy atom. The molecule has 5 heteroatoms. The second-order valence-electron chi connectivity index (χ2n) is 13.4. The van der Waals surface area contributed by atoms with Gasteiger partial charge in [-0.2, -0.15) is 0 Å². The molecule has 0 radical (unpaired) electrons. The fourth-order valence-corrected chi connectivity index (χ4v) is 6.14. The number of nitrogens with zero attached hydrogens (tertiary/aromatic N) is 2.